The first-order chi connectivity index (χ1) is 10.6. The number of ether oxygens (including phenoxy) is 1. The Morgan fingerprint density at radius 1 is 0.909 bits per heavy atom. The van der Waals surface area contributed by atoms with Gasteiger partial charge in [0, 0.05) is 0 Å². The monoisotopic (exact) mass is 418 g/mol. The predicted molar refractivity (Wildman–Crippen MR) is 99.9 cm³/mol. The normalized spacial score (nSPS) is 12.5. The summed E-state index contributed by atoms with van der Waals surface area (Å²) < 4.78 is 11.4. The molecule has 2 nitrogen and oxygen atoms in total. The van der Waals surface area contributed by atoms with Crippen molar-refractivity contribution in [1.82, 2.24) is 0 Å². The molecule has 0 aliphatic rings. The van der Waals surface area contributed by atoms with Gasteiger partial charge in [0.15, 0.2) is 0 Å². The quantitative estimate of drug-likeness (QED) is 0.261. The van der Waals surface area contributed by atoms with Crippen LogP contribution in [0.1, 0.15) is 79.6 Å². The number of hydrogen-bond donors (Lipinski definition) is 0. The standard InChI is InChI=1S/C7H11O2.3C4H9.Sn/c1-3-4-5-6-9-7(2)8;3*1-3-4-2;/h4H,3,6H2,1-2H3;3*1,3-4H2,2H3;. The topological polar surface area (TPSA) is 26.3 Å². The van der Waals surface area contributed by atoms with Crippen molar-refractivity contribution < 1.29 is 9.53 Å². The van der Waals surface area contributed by atoms with Gasteiger partial charge in [-0.1, -0.05) is 0 Å². The average molecular weight is 417 g/mol. The van der Waals surface area contributed by atoms with Gasteiger partial charge in [0.1, 0.15) is 0 Å². The van der Waals surface area contributed by atoms with Crippen LogP contribution >= 0.6 is 0 Å². The first-order valence-corrected chi connectivity index (χ1v) is 16.9. The summed E-state index contributed by atoms with van der Waals surface area (Å²) in [5.41, 5.74) is 0. The molecule has 0 saturated heterocycles. The molecule has 3 heteroatoms. The van der Waals surface area contributed by atoms with Crippen molar-refractivity contribution in [2.45, 2.75) is 92.9 Å². The molecule has 22 heavy (non-hydrogen) atoms. The minimum absolute atomic E-state index is 0.135. The molecule has 130 valence electrons. The van der Waals surface area contributed by atoms with Crippen LogP contribution in [0.3, 0.4) is 0 Å². The van der Waals surface area contributed by atoms with E-state index < -0.39 is 18.4 Å². The maximum absolute atomic E-state index is 11.3. The van der Waals surface area contributed by atoms with Crippen molar-refractivity contribution in [3.05, 3.63) is 9.67 Å². The van der Waals surface area contributed by atoms with Crippen molar-refractivity contribution in [2.24, 2.45) is 0 Å². The summed E-state index contributed by atoms with van der Waals surface area (Å²) >= 11 is -2.38. The van der Waals surface area contributed by atoms with Crippen molar-refractivity contribution in [1.29, 1.82) is 0 Å². The Morgan fingerprint density at radius 2 is 1.36 bits per heavy atom. The Bertz CT molecular complexity index is 302. The maximum atomic E-state index is 11.3. The number of carbonyl (C=O) groups is 1. The van der Waals surface area contributed by atoms with Gasteiger partial charge in [0.05, 0.1) is 0 Å². The van der Waals surface area contributed by atoms with E-state index in [0.29, 0.717) is 6.61 Å². The summed E-state index contributed by atoms with van der Waals surface area (Å²) in [6.45, 7) is 11.2. The fraction of sp³-hybridized carbons (Fsp3) is 0.842. The van der Waals surface area contributed by atoms with E-state index in [2.05, 4.69) is 33.8 Å². The van der Waals surface area contributed by atoms with Gasteiger partial charge in [0.25, 0.3) is 0 Å². The van der Waals surface area contributed by atoms with E-state index in [-0.39, 0.29) is 5.97 Å². The van der Waals surface area contributed by atoms with Gasteiger partial charge in [0.2, 0.25) is 0 Å². The molecule has 0 aromatic heterocycles. The summed E-state index contributed by atoms with van der Waals surface area (Å²) in [5, 5.41) is 0. The predicted octanol–water partition coefficient (Wildman–Crippen LogP) is 6.27. The van der Waals surface area contributed by atoms with Gasteiger partial charge >= 0.3 is 143 Å². The summed E-state index contributed by atoms with van der Waals surface area (Å²) in [6, 6.07) is 0. The van der Waals surface area contributed by atoms with Crippen molar-refractivity contribution in [2.75, 3.05) is 6.61 Å². The van der Waals surface area contributed by atoms with Crippen LogP contribution < -0.4 is 0 Å². The molecule has 0 amide bonds. The fourth-order valence-electron chi connectivity index (χ4n) is 3.26. The molecule has 0 fully saturated rings. The molecule has 0 spiro atoms. The molecule has 0 bridgehead atoms. The summed E-state index contributed by atoms with van der Waals surface area (Å²) in [5.74, 6) is -0.135. The van der Waals surface area contributed by atoms with E-state index in [9.17, 15) is 4.79 Å². The Hall–Kier alpha value is 0.00870. The van der Waals surface area contributed by atoms with Crippen LogP contribution in [0.25, 0.3) is 0 Å². The van der Waals surface area contributed by atoms with Gasteiger partial charge in [-0.3, -0.25) is 0 Å². The molecular formula is C19H38O2Sn. The van der Waals surface area contributed by atoms with Crippen molar-refractivity contribution in [3.63, 3.8) is 0 Å². The zero-order valence-electron chi connectivity index (χ0n) is 15.7. The molecule has 0 rings (SSSR count). The first kappa shape index (κ1) is 22.0. The first-order valence-electron chi connectivity index (χ1n) is 9.39. The molecule has 0 N–H and O–H groups in total. The summed E-state index contributed by atoms with van der Waals surface area (Å²) in [7, 11) is 0. The number of rotatable bonds is 13. The Labute approximate surface area is 143 Å². The fourth-order valence-corrected chi connectivity index (χ4v) is 19.9. The third kappa shape index (κ3) is 8.59. The molecule has 0 aliphatic heterocycles. The van der Waals surface area contributed by atoms with E-state index in [0.717, 1.165) is 6.42 Å². The molecular weight excluding hydrogens is 379 g/mol. The third-order valence-corrected chi connectivity index (χ3v) is 20.7. The molecule has 0 heterocycles. The van der Waals surface area contributed by atoms with E-state index in [1.807, 2.05) is 0 Å². The number of unbranched alkanes of at least 4 members (excludes halogenated alkanes) is 3. The van der Waals surface area contributed by atoms with Crippen LogP contribution in [0, 0.1) is 0 Å². The average Bonchev–Trinajstić information content (AvgIpc) is 2.51. The van der Waals surface area contributed by atoms with Gasteiger partial charge in [-0.05, 0) is 0 Å². The second-order valence-electron chi connectivity index (χ2n) is 6.51. The van der Waals surface area contributed by atoms with Gasteiger partial charge in [-0.2, -0.15) is 0 Å². The zero-order chi connectivity index (χ0) is 16.8. The number of esters is 1. The van der Waals surface area contributed by atoms with E-state index in [1.54, 1.807) is 3.59 Å². The van der Waals surface area contributed by atoms with Crippen LogP contribution in [-0.4, -0.2) is 31.0 Å². The Balaban J connectivity index is 5.35. The third-order valence-electron chi connectivity index (χ3n) is 4.59. The summed E-state index contributed by atoms with van der Waals surface area (Å²) in [4.78, 5) is 11.3. The SMILES string of the molecule is CC/C=[C](/COC(C)=O)[Sn]([CH2]CCC)([CH2]CCC)[CH2]CCC. The van der Waals surface area contributed by atoms with E-state index >= 15 is 0 Å². The van der Waals surface area contributed by atoms with E-state index in [1.165, 1.54) is 58.8 Å². The molecule has 0 unspecified atom stereocenters. The van der Waals surface area contributed by atoms with Crippen LogP contribution in [-0.2, 0) is 9.53 Å². The molecule has 0 atom stereocenters. The molecule has 0 saturated carbocycles. The molecule has 0 aromatic carbocycles. The van der Waals surface area contributed by atoms with Gasteiger partial charge in [-0.15, -0.1) is 0 Å². The van der Waals surface area contributed by atoms with Gasteiger partial charge < -0.3 is 0 Å². The number of allylic oxidation sites excluding steroid dienone is 1. The van der Waals surface area contributed by atoms with Crippen LogP contribution in [0.5, 0.6) is 0 Å². The Morgan fingerprint density at radius 3 is 1.68 bits per heavy atom. The number of hydrogen-bond acceptors (Lipinski definition) is 2. The molecule has 0 radical (unpaired) electrons. The number of carbonyl (C=O) groups excluding carboxylic acids is 1. The van der Waals surface area contributed by atoms with Crippen molar-refractivity contribution in [3.8, 4) is 0 Å². The van der Waals surface area contributed by atoms with Gasteiger partial charge in [-0.25, -0.2) is 0 Å². The van der Waals surface area contributed by atoms with Crippen LogP contribution in [0.15, 0.2) is 9.67 Å². The second kappa shape index (κ2) is 13.4. The second-order valence-corrected chi connectivity index (χ2v) is 19.9. The Kier molecular flexibility index (Phi) is 13.5. The molecule has 0 aliphatic carbocycles. The zero-order valence-corrected chi connectivity index (χ0v) is 18.5. The summed E-state index contributed by atoms with van der Waals surface area (Å²) in [6.07, 6.45) is 11.4. The van der Waals surface area contributed by atoms with Crippen LogP contribution in [0.4, 0.5) is 0 Å². The minimum atomic E-state index is -2.38. The van der Waals surface area contributed by atoms with Crippen LogP contribution in [0.2, 0.25) is 13.3 Å². The van der Waals surface area contributed by atoms with Crippen molar-refractivity contribution >= 4 is 24.3 Å². The van der Waals surface area contributed by atoms with E-state index in [4.69, 9.17) is 4.74 Å². The molecule has 0 aromatic rings.